The van der Waals surface area contributed by atoms with Gasteiger partial charge in [-0.3, -0.25) is 10.1 Å². The van der Waals surface area contributed by atoms with Gasteiger partial charge < -0.3 is 14.2 Å². The van der Waals surface area contributed by atoms with Crippen molar-refractivity contribution in [3.63, 3.8) is 0 Å². The molecule has 2 rings (SSSR count). The van der Waals surface area contributed by atoms with E-state index < -0.39 is 34.2 Å². The molecule has 1 saturated heterocycles. The molecule has 1 aliphatic heterocycles. The molecule has 0 unspecified atom stereocenters. The lowest BCUT2D eigenvalue weighted by Crippen LogP contribution is -2.42. The highest BCUT2D eigenvalue weighted by atomic mass is 19.4. The van der Waals surface area contributed by atoms with Gasteiger partial charge in [0, 0.05) is 6.07 Å². The summed E-state index contributed by atoms with van der Waals surface area (Å²) in [4.78, 5) is 10.1. The van der Waals surface area contributed by atoms with Crippen molar-refractivity contribution in [1.82, 2.24) is 0 Å². The van der Waals surface area contributed by atoms with E-state index in [9.17, 15) is 23.3 Å². The number of nitro groups is 1. The van der Waals surface area contributed by atoms with Crippen LogP contribution in [-0.2, 0) is 15.7 Å². The average molecular weight is 321 g/mol. The third kappa shape index (κ3) is 3.47. The zero-order chi connectivity index (χ0) is 16.5. The van der Waals surface area contributed by atoms with Crippen molar-refractivity contribution in [3.8, 4) is 5.75 Å². The van der Waals surface area contributed by atoms with Gasteiger partial charge in [0.25, 0.3) is 0 Å². The second kappa shape index (κ2) is 5.73. The normalized spacial score (nSPS) is 16.8. The fourth-order valence-electron chi connectivity index (χ4n) is 2.01. The first-order valence-electron chi connectivity index (χ1n) is 6.39. The summed E-state index contributed by atoms with van der Waals surface area (Å²) in [6.07, 6.45) is -5.43. The van der Waals surface area contributed by atoms with E-state index in [0.29, 0.717) is 19.3 Å². The molecule has 0 amide bonds. The Hall–Kier alpha value is -1.87. The highest BCUT2D eigenvalue weighted by Crippen LogP contribution is 2.38. The van der Waals surface area contributed by atoms with Crippen LogP contribution >= 0.6 is 0 Å². The van der Waals surface area contributed by atoms with Crippen LogP contribution in [0.1, 0.15) is 19.4 Å². The van der Waals surface area contributed by atoms with Crippen LogP contribution in [0.5, 0.6) is 5.75 Å². The summed E-state index contributed by atoms with van der Waals surface area (Å²) in [6, 6.07) is 2.11. The number of hydrogen-bond donors (Lipinski definition) is 0. The van der Waals surface area contributed by atoms with Crippen molar-refractivity contribution in [2.45, 2.75) is 31.9 Å². The zero-order valence-electron chi connectivity index (χ0n) is 11.8. The molecule has 0 spiro atoms. The lowest BCUT2D eigenvalue weighted by Gasteiger charge is -2.30. The first-order chi connectivity index (χ1) is 10.1. The Kier molecular flexibility index (Phi) is 4.30. The molecule has 0 saturated carbocycles. The van der Waals surface area contributed by atoms with Gasteiger partial charge in [0.2, 0.25) is 0 Å². The Bertz CT molecular complexity index is 567. The largest absolute Gasteiger partial charge is 0.475 e. The summed E-state index contributed by atoms with van der Waals surface area (Å²) < 4.78 is 54.0. The van der Waals surface area contributed by atoms with Crippen LogP contribution in [0, 0.1) is 10.1 Å². The first kappa shape index (κ1) is 16.5. The third-order valence-electron chi connectivity index (χ3n) is 3.05. The molecule has 0 aliphatic carbocycles. The van der Waals surface area contributed by atoms with Crippen molar-refractivity contribution in [3.05, 3.63) is 33.9 Å². The highest BCUT2D eigenvalue weighted by Gasteiger charge is 2.39. The minimum Gasteiger partial charge on any atom is -0.475 e. The lowest BCUT2D eigenvalue weighted by molar-refractivity contribution is -0.386. The molecule has 22 heavy (non-hydrogen) atoms. The fourth-order valence-corrected chi connectivity index (χ4v) is 2.01. The highest BCUT2D eigenvalue weighted by molar-refractivity contribution is 5.49. The van der Waals surface area contributed by atoms with E-state index in [-0.39, 0.29) is 5.75 Å². The first-order valence-corrected chi connectivity index (χ1v) is 6.39. The summed E-state index contributed by atoms with van der Waals surface area (Å²) in [5, 5.41) is 11.0. The SMILES string of the molecule is CC(C)(Oc1ccc(C(F)(F)F)cc1[N+](=O)[O-])C1OCCO1. The summed E-state index contributed by atoms with van der Waals surface area (Å²) >= 11 is 0. The monoisotopic (exact) mass is 321 g/mol. The summed E-state index contributed by atoms with van der Waals surface area (Å²) in [7, 11) is 0. The minimum absolute atomic E-state index is 0.276. The van der Waals surface area contributed by atoms with Crippen LogP contribution in [0.25, 0.3) is 0 Å². The summed E-state index contributed by atoms with van der Waals surface area (Å²) in [6.45, 7) is 3.86. The van der Waals surface area contributed by atoms with Crippen molar-refractivity contribution < 1.29 is 32.3 Å². The molecule has 1 aromatic rings. The molecule has 122 valence electrons. The molecule has 9 heteroatoms. The molecule has 0 N–H and O–H groups in total. The fraction of sp³-hybridized carbons (Fsp3) is 0.538. The van der Waals surface area contributed by atoms with Crippen LogP contribution in [0.4, 0.5) is 18.9 Å². The smallest absolute Gasteiger partial charge is 0.416 e. The van der Waals surface area contributed by atoms with Gasteiger partial charge in [-0.2, -0.15) is 13.2 Å². The van der Waals surface area contributed by atoms with E-state index in [1.54, 1.807) is 13.8 Å². The number of ether oxygens (including phenoxy) is 3. The molecule has 1 heterocycles. The van der Waals surface area contributed by atoms with Gasteiger partial charge in [0.05, 0.1) is 23.7 Å². The van der Waals surface area contributed by atoms with Crippen LogP contribution < -0.4 is 4.74 Å². The van der Waals surface area contributed by atoms with Gasteiger partial charge in [0.1, 0.15) is 0 Å². The predicted molar refractivity (Wildman–Crippen MR) is 68.5 cm³/mol. The molecule has 0 radical (unpaired) electrons. The van der Waals surface area contributed by atoms with Crippen molar-refractivity contribution >= 4 is 5.69 Å². The lowest BCUT2D eigenvalue weighted by atomic mass is 10.1. The maximum absolute atomic E-state index is 12.6. The molecular weight excluding hydrogens is 307 g/mol. The van der Waals surface area contributed by atoms with Crippen LogP contribution in [-0.4, -0.2) is 30.0 Å². The van der Waals surface area contributed by atoms with E-state index in [2.05, 4.69) is 0 Å². The Labute approximate surface area is 123 Å². The second-order valence-corrected chi connectivity index (χ2v) is 5.22. The van der Waals surface area contributed by atoms with E-state index in [1.807, 2.05) is 0 Å². The van der Waals surface area contributed by atoms with Gasteiger partial charge in [0.15, 0.2) is 17.6 Å². The molecule has 1 fully saturated rings. The number of halogens is 3. The second-order valence-electron chi connectivity index (χ2n) is 5.22. The maximum Gasteiger partial charge on any atom is 0.416 e. The topological polar surface area (TPSA) is 70.8 Å². The van der Waals surface area contributed by atoms with Crippen molar-refractivity contribution in [2.24, 2.45) is 0 Å². The summed E-state index contributed by atoms with van der Waals surface area (Å²) in [5.74, 6) is -0.276. The molecule has 6 nitrogen and oxygen atoms in total. The number of nitro benzene ring substituents is 1. The van der Waals surface area contributed by atoms with Gasteiger partial charge in [-0.1, -0.05) is 0 Å². The third-order valence-corrected chi connectivity index (χ3v) is 3.05. The van der Waals surface area contributed by atoms with Gasteiger partial charge in [-0.15, -0.1) is 0 Å². The van der Waals surface area contributed by atoms with Crippen LogP contribution in [0.15, 0.2) is 18.2 Å². The van der Waals surface area contributed by atoms with Gasteiger partial charge in [-0.05, 0) is 26.0 Å². The Morgan fingerprint density at radius 3 is 2.36 bits per heavy atom. The molecular formula is C13H14F3NO5. The minimum atomic E-state index is -4.67. The number of rotatable bonds is 4. The molecule has 0 atom stereocenters. The van der Waals surface area contributed by atoms with Crippen molar-refractivity contribution in [2.75, 3.05) is 13.2 Å². The molecule has 1 aromatic carbocycles. The summed E-state index contributed by atoms with van der Waals surface area (Å²) in [5.41, 5.74) is -2.97. The zero-order valence-corrected chi connectivity index (χ0v) is 11.8. The Morgan fingerprint density at radius 2 is 1.86 bits per heavy atom. The number of benzene rings is 1. The Balaban J connectivity index is 2.32. The quantitative estimate of drug-likeness (QED) is 0.629. The van der Waals surface area contributed by atoms with Gasteiger partial charge in [-0.25, -0.2) is 0 Å². The van der Waals surface area contributed by atoms with Crippen LogP contribution in [0.3, 0.4) is 0 Å². The standard InChI is InChI=1S/C13H14F3NO5/c1-12(2,11-20-5-6-21-11)22-10-4-3-8(13(14,15)16)7-9(10)17(18)19/h3-4,7,11H,5-6H2,1-2H3. The molecule has 0 bridgehead atoms. The van der Waals surface area contributed by atoms with E-state index in [4.69, 9.17) is 14.2 Å². The molecule has 1 aliphatic rings. The maximum atomic E-state index is 12.6. The van der Waals surface area contributed by atoms with Crippen molar-refractivity contribution in [1.29, 1.82) is 0 Å². The van der Waals surface area contributed by atoms with Gasteiger partial charge >= 0.3 is 11.9 Å². The number of nitrogens with zero attached hydrogens (tertiary/aromatic N) is 1. The average Bonchev–Trinajstić information content (AvgIpc) is 2.91. The Morgan fingerprint density at radius 1 is 1.27 bits per heavy atom. The van der Waals surface area contributed by atoms with E-state index in [1.165, 1.54) is 0 Å². The van der Waals surface area contributed by atoms with E-state index in [0.717, 1.165) is 12.1 Å². The molecule has 0 aromatic heterocycles. The number of hydrogen-bond acceptors (Lipinski definition) is 5. The van der Waals surface area contributed by atoms with E-state index >= 15 is 0 Å². The predicted octanol–water partition coefficient (Wildman–Crippen LogP) is 3.14. The number of alkyl halides is 3. The van der Waals surface area contributed by atoms with Crippen LogP contribution in [0.2, 0.25) is 0 Å².